The molecule has 0 nitrogen and oxygen atoms in total. The summed E-state index contributed by atoms with van der Waals surface area (Å²) in [6, 6.07) is 0. The fourth-order valence-corrected chi connectivity index (χ4v) is 1.14. The van der Waals surface area contributed by atoms with Gasteiger partial charge >= 0.3 is 0 Å². The topological polar surface area (TPSA) is 0 Å². The molecule has 0 fully saturated rings. The van der Waals surface area contributed by atoms with Crippen LogP contribution in [0, 0.1) is 12.0 Å². The van der Waals surface area contributed by atoms with Crippen molar-refractivity contribution in [2.24, 2.45) is 5.92 Å². The summed E-state index contributed by atoms with van der Waals surface area (Å²) in [6.45, 7) is 5.93. The minimum Gasteiger partial charge on any atom is -0.103 e. The lowest BCUT2D eigenvalue weighted by atomic mass is 9.99. The van der Waals surface area contributed by atoms with Crippen molar-refractivity contribution in [3.05, 3.63) is 36.5 Å². The molecule has 0 N–H and O–H groups in total. The summed E-state index contributed by atoms with van der Waals surface area (Å²) in [5, 5.41) is 0. The van der Waals surface area contributed by atoms with Gasteiger partial charge in [0.25, 0.3) is 0 Å². The van der Waals surface area contributed by atoms with Gasteiger partial charge in [-0.1, -0.05) is 25.2 Å². The highest BCUT2D eigenvalue weighted by molar-refractivity contribution is 5.25. The van der Waals surface area contributed by atoms with E-state index in [2.05, 4.69) is 31.7 Å². The van der Waals surface area contributed by atoms with Crippen LogP contribution in [0.25, 0.3) is 0 Å². The van der Waals surface area contributed by atoms with E-state index in [0.29, 0.717) is 5.92 Å². The molecule has 0 aromatic heterocycles. The van der Waals surface area contributed by atoms with E-state index in [1.54, 1.807) is 0 Å². The maximum Gasteiger partial charge on any atom is -0.00886 e. The molecule has 1 radical (unpaired) electrons. The summed E-state index contributed by atoms with van der Waals surface area (Å²) in [5.74, 6) is 0.632. The first-order valence-corrected chi connectivity index (χ1v) is 3.72. The van der Waals surface area contributed by atoms with Crippen LogP contribution < -0.4 is 0 Å². The Hall–Kier alpha value is -0.780. The Balaban J connectivity index is 2.47. The molecule has 53 valence electrons. The Morgan fingerprint density at radius 3 is 3.20 bits per heavy atom. The molecule has 0 saturated heterocycles. The molecule has 0 aliphatic heterocycles. The van der Waals surface area contributed by atoms with E-state index < -0.39 is 0 Å². The lowest BCUT2D eigenvalue weighted by Gasteiger charge is -2.06. The molecule has 0 bridgehead atoms. The second kappa shape index (κ2) is 3.40. The summed E-state index contributed by atoms with van der Waals surface area (Å²) in [5.41, 5.74) is 1.42. The maximum atomic E-state index is 3.71. The number of allylic oxidation sites excluding steroid dienone is 5. The third-order valence-electron chi connectivity index (χ3n) is 1.81. The van der Waals surface area contributed by atoms with E-state index in [4.69, 9.17) is 0 Å². The standard InChI is InChI=1S/C10H13/c1-3-6-9(2)10-7-4-5-8-10/h3,7-9H,1,4,6H2,2H3. The van der Waals surface area contributed by atoms with Crippen molar-refractivity contribution in [2.45, 2.75) is 19.8 Å². The van der Waals surface area contributed by atoms with Gasteiger partial charge in [-0.2, -0.15) is 0 Å². The maximum absolute atomic E-state index is 3.71. The second-order valence-electron chi connectivity index (χ2n) is 2.68. The molecule has 0 heterocycles. The largest absolute Gasteiger partial charge is 0.103 e. The molecule has 0 aromatic rings. The van der Waals surface area contributed by atoms with Crippen molar-refractivity contribution in [3.8, 4) is 0 Å². The molecular weight excluding hydrogens is 120 g/mol. The molecular formula is C10H13. The SMILES string of the molecule is C=CCC(C)C1=CC[C]=C1. The third-order valence-corrected chi connectivity index (χ3v) is 1.81. The molecule has 0 amide bonds. The van der Waals surface area contributed by atoms with Crippen LogP contribution in [0.3, 0.4) is 0 Å². The molecule has 10 heavy (non-hydrogen) atoms. The molecule has 1 atom stereocenters. The van der Waals surface area contributed by atoms with Crippen LogP contribution in [-0.2, 0) is 0 Å². The predicted molar refractivity (Wildman–Crippen MR) is 44.5 cm³/mol. The van der Waals surface area contributed by atoms with Crippen molar-refractivity contribution in [3.63, 3.8) is 0 Å². The monoisotopic (exact) mass is 133 g/mol. The zero-order valence-electron chi connectivity index (χ0n) is 6.43. The predicted octanol–water partition coefficient (Wildman–Crippen LogP) is 2.89. The highest BCUT2D eigenvalue weighted by Gasteiger charge is 2.05. The van der Waals surface area contributed by atoms with Gasteiger partial charge in [0.05, 0.1) is 0 Å². The second-order valence-corrected chi connectivity index (χ2v) is 2.68. The fourth-order valence-electron chi connectivity index (χ4n) is 1.14. The molecule has 0 aromatic carbocycles. The Kier molecular flexibility index (Phi) is 2.49. The summed E-state index contributed by atoms with van der Waals surface area (Å²) < 4.78 is 0. The highest BCUT2D eigenvalue weighted by atomic mass is 14.1. The number of hydrogen-bond donors (Lipinski definition) is 0. The van der Waals surface area contributed by atoms with Gasteiger partial charge in [0, 0.05) is 0 Å². The zero-order chi connectivity index (χ0) is 7.40. The van der Waals surface area contributed by atoms with E-state index in [9.17, 15) is 0 Å². The first-order chi connectivity index (χ1) is 4.84. The van der Waals surface area contributed by atoms with Crippen molar-refractivity contribution < 1.29 is 0 Å². The normalized spacial score (nSPS) is 18.7. The summed E-state index contributed by atoms with van der Waals surface area (Å²) in [7, 11) is 0. The molecule has 1 unspecified atom stereocenters. The number of hydrogen-bond acceptors (Lipinski definition) is 0. The minimum atomic E-state index is 0.632. The summed E-state index contributed by atoms with van der Waals surface area (Å²) in [6.07, 6.45) is 11.5. The van der Waals surface area contributed by atoms with Gasteiger partial charge < -0.3 is 0 Å². The average Bonchev–Trinajstić information content (AvgIpc) is 2.38. The first-order valence-electron chi connectivity index (χ1n) is 3.72. The van der Waals surface area contributed by atoms with E-state index in [1.165, 1.54) is 5.57 Å². The molecule has 1 rings (SSSR count). The van der Waals surface area contributed by atoms with Crippen LogP contribution in [0.2, 0.25) is 0 Å². The smallest absolute Gasteiger partial charge is 0.00886 e. The van der Waals surface area contributed by atoms with Gasteiger partial charge in [0.1, 0.15) is 0 Å². The molecule has 1 aliphatic carbocycles. The van der Waals surface area contributed by atoms with Gasteiger partial charge in [-0.3, -0.25) is 0 Å². The van der Waals surface area contributed by atoms with Gasteiger partial charge in [-0.15, -0.1) is 6.58 Å². The lowest BCUT2D eigenvalue weighted by molar-refractivity contribution is 0.714. The van der Waals surface area contributed by atoms with E-state index in [0.717, 1.165) is 12.8 Å². The van der Waals surface area contributed by atoms with Crippen molar-refractivity contribution >= 4 is 0 Å². The van der Waals surface area contributed by atoms with E-state index in [-0.39, 0.29) is 0 Å². The van der Waals surface area contributed by atoms with Crippen LogP contribution in [-0.4, -0.2) is 0 Å². The fraction of sp³-hybridized carbons (Fsp3) is 0.400. The molecule has 1 aliphatic rings. The van der Waals surface area contributed by atoms with Crippen molar-refractivity contribution in [1.29, 1.82) is 0 Å². The van der Waals surface area contributed by atoms with Gasteiger partial charge in [0.2, 0.25) is 0 Å². The van der Waals surface area contributed by atoms with Crippen LogP contribution in [0.1, 0.15) is 19.8 Å². The van der Waals surface area contributed by atoms with E-state index in [1.807, 2.05) is 6.08 Å². The molecule has 0 heteroatoms. The highest BCUT2D eigenvalue weighted by Crippen LogP contribution is 2.20. The number of rotatable bonds is 3. The van der Waals surface area contributed by atoms with Gasteiger partial charge in [-0.05, 0) is 30.4 Å². The van der Waals surface area contributed by atoms with Crippen LogP contribution in [0.5, 0.6) is 0 Å². The van der Waals surface area contributed by atoms with Crippen LogP contribution in [0.4, 0.5) is 0 Å². The molecule has 0 spiro atoms. The zero-order valence-corrected chi connectivity index (χ0v) is 6.43. The lowest BCUT2D eigenvalue weighted by Crippen LogP contribution is -1.92. The van der Waals surface area contributed by atoms with Gasteiger partial charge in [-0.25, -0.2) is 0 Å². The Bertz CT molecular complexity index is 172. The molecule has 0 saturated carbocycles. The Morgan fingerprint density at radius 1 is 1.90 bits per heavy atom. The quantitative estimate of drug-likeness (QED) is 0.519. The van der Waals surface area contributed by atoms with Gasteiger partial charge in [0.15, 0.2) is 0 Å². The van der Waals surface area contributed by atoms with Crippen molar-refractivity contribution in [2.75, 3.05) is 0 Å². The third kappa shape index (κ3) is 1.60. The van der Waals surface area contributed by atoms with Crippen LogP contribution in [0.15, 0.2) is 30.4 Å². The Morgan fingerprint density at radius 2 is 2.70 bits per heavy atom. The Labute approximate surface area is 62.9 Å². The minimum absolute atomic E-state index is 0.632. The average molecular weight is 133 g/mol. The first kappa shape index (κ1) is 7.33. The van der Waals surface area contributed by atoms with E-state index >= 15 is 0 Å². The summed E-state index contributed by atoms with van der Waals surface area (Å²) in [4.78, 5) is 0. The van der Waals surface area contributed by atoms with Crippen molar-refractivity contribution in [1.82, 2.24) is 0 Å². The summed E-state index contributed by atoms with van der Waals surface area (Å²) >= 11 is 0. The van der Waals surface area contributed by atoms with Crippen LogP contribution >= 0.6 is 0 Å².